The standard InChI is InChI=1S/C18H23B/c1-13(2)17-10-6-9-16(18(17)19)12-11-15-8-5-4-7-14(15)3/h4-10,13H,11-12,19H2,1-3H3. The summed E-state index contributed by atoms with van der Waals surface area (Å²) in [4.78, 5) is 0. The number of hydrogen-bond acceptors (Lipinski definition) is 0. The van der Waals surface area contributed by atoms with E-state index in [9.17, 15) is 0 Å². The van der Waals surface area contributed by atoms with E-state index in [1.165, 1.54) is 27.7 Å². The summed E-state index contributed by atoms with van der Waals surface area (Å²) < 4.78 is 0. The van der Waals surface area contributed by atoms with Gasteiger partial charge in [-0.1, -0.05) is 72.9 Å². The van der Waals surface area contributed by atoms with Crippen molar-refractivity contribution in [3.63, 3.8) is 0 Å². The molecule has 0 aromatic heterocycles. The summed E-state index contributed by atoms with van der Waals surface area (Å²) in [6.07, 6.45) is 2.27. The van der Waals surface area contributed by atoms with Crippen LogP contribution >= 0.6 is 0 Å². The molecule has 0 unspecified atom stereocenters. The van der Waals surface area contributed by atoms with Gasteiger partial charge in [0.1, 0.15) is 7.85 Å². The minimum atomic E-state index is 0.610. The Hall–Kier alpha value is -1.50. The van der Waals surface area contributed by atoms with Gasteiger partial charge in [-0.15, -0.1) is 0 Å². The van der Waals surface area contributed by atoms with Crippen LogP contribution in [-0.4, -0.2) is 7.85 Å². The predicted molar refractivity (Wildman–Crippen MR) is 87.3 cm³/mol. The minimum absolute atomic E-state index is 0.610. The van der Waals surface area contributed by atoms with Crippen molar-refractivity contribution >= 4 is 13.3 Å². The van der Waals surface area contributed by atoms with E-state index in [0.29, 0.717) is 5.92 Å². The van der Waals surface area contributed by atoms with E-state index in [0.717, 1.165) is 12.8 Å². The van der Waals surface area contributed by atoms with Crippen LogP contribution in [0.5, 0.6) is 0 Å². The summed E-state index contributed by atoms with van der Waals surface area (Å²) in [5, 5.41) is 0. The van der Waals surface area contributed by atoms with Gasteiger partial charge in [0.25, 0.3) is 0 Å². The van der Waals surface area contributed by atoms with E-state index in [4.69, 9.17) is 0 Å². The second kappa shape index (κ2) is 6.10. The van der Waals surface area contributed by atoms with Crippen molar-refractivity contribution in [3.8, 4) is 0 Å². The molecule has 2 aromatic rings. The lowest BCUT2D eigenvalue weighted by Gasteiger charge is -2.14. The van der Waals surface area contributed by atoms with Crippen molar-refractivity contribution in [3.05, 3.63) is 64.7 Å². The van der Waals surface area contributed by atoms with Crippen LogP contribution in [0.1, 0.15) is 42.0 Å². The molecule has 0 saturated heterocycles. The summed E-state index contributed by atoms with van der Waals surface area (Å²) in [6.45, 7) is 6.74. The topological polar surface area (TPSA) is 0 Å². The van der Waals surface area contributed by atoms with E-state index < -0.39 is 0 Å². The molecule has 0 heterocycles. The highest BCUT2D eigenvalue weighted by atomic mass is 14.1. The molecule has 19 heavy (non-hydrogen) atoms. The van der Waals surface area contributed by atoms with Crippen LogP contribution in [0.2, 0.25) is 0 Å². The minimum Gasteiger partial charge on any atom is -0.0824 e. The van der Waals surface area contributed by atoms with Crippen LogP contribution in [-0.2, 0) is 12.8 Å². The van der Waals surface area contributed by atoms with Gasteiger partial charge in [0.2, 0.25) is 0 Å². The Labute approximate surface area is 118 Å². The fraction of sp³-hybridized carbons (Fsp3) is 0.333. The van der Waals surface area contributed by atoms with Gasteiger partial charge in [0.15, 0.2) is 0 Å². The summed E-state index contributed by atoms with van der Waals surface area (Å²) >= 11 is 0. The molecular weight excluding hydrogens is 227 g/mol. The first-order chi connectivity index (χ1) is 9.09. The van der Waals surface area contributed by atoms with Crippen LogP contribution in [0.4, 0.5) is 0 Å². The highest BCUT2D eigenvalue weighted by Crippen LogP contribution is 2.15. The maximum atomic E-state index is 2.28. The molecule has 0 atom stereocenters. The van der Waals surface area contributed by atoms with Crippen molar-refractivity contribution in [2.75, 3.05) is 0 Å². The number of rotatable bonds is 4. The second-order valence-electron chi connectivity index (χ2n) is 5.71. The molecule has 2 rings (SSSR count). The lowest BCUT2D eigenvalue weighted by molar-refractivity contribution is 0.866. The Morgan fingerprint density at radius 1 is 0.895 bits per heavy atom. The smallest absolute Gasteiger partial charge is 0.0824 e. The number of benzene rings is 2. The second-order valence-corrected chi connectivity index (χ2v) is 5.71. The molecule has 2 aromatic carbocycles. The van der Waals surface area contributed by atoms with Crippen molar-refractivity contribution in [2.45, 2.75) is 39.5 Å². The first kappa shape index (κ1) is 13.9. The highest BCUT2D eigenvalue weighted by Gasteiger charge is 2.07. The highest BCUT2D eigenvalue weighted by molar-refractivity contribution is 6.34. The molecule has 0 aliphatic carbocycles. The fourth-order valence-corrected chi connectivity index (χ4v) is 2.76. The molecule has 0 radical (unpaired) electrons. The van der Waals surface area contributed by atoms with Crippen LogP contribution in [0.25, 0.3) is 0 Å². The zero-order valence-electron chi connectivity index (χ0n) is 12.5. The van der Waals surface area contributed by atoms with Gasteiger partial charge in [-0.25, -0.2) is 0 Å². The Morgan fingerprint density at radius 3 is 2.21 bits per heavy atom. The van der Waals surface area contributed by atoms with Crippen LogP contribution in [0, 0.1) is 6.92 Å². The van der Waals surface area contributed by atoms with Gasteiger partial charge in [-0.3, -0.25) is 0 Å². The molecule has 0 saturated carbocycles. The monoisotopic (exact) mass is 250 g/mol. The Balaban J connectivity index is 2.16. The molecule has 0 amide bonds. The Kier molecular flexibility index (Phi) is 4.47. The van der Waals surface area contributed by atoms with E-state index in [1.807, 2.05) is 0 Å². The van der Waals surface area contributed by atoms with E-state index >= 15 is 0 Å². The van der Waals surface area contributed by atoms with Gasteiger partial charge in [-0.2, -0.15) is 0 Å². The average Bonchev–Trinajstić information content (AvgIpc) is 2.39. The van der Waals surface area contributed by atoms with Gasteiger partial charge in [0, 0.05) is 0 Å². The summed E-state index contributed by atoms with van der Waals surface area (Å²) in [6, 6.07) is 15.4. The van der Waals surface area contributed by atoms with Crippen molar-refractivity contribution < 1.29 is 0 Å². The van der Waals surface area contributed by atoms with E-state index in [-0.39, 0.29) is 0 Å². The SMILES string of the molecule is Bc1c(CCc2ccccc2C)cccc1C(C)C. The summed E-state index contributed by atoms with van der Waals surface area (Å²) in [5.41, 5.74) is 7.33. The zero-order valence-corrected chi connectivity index (χ0v) is 12.5. The molecule has 98 valence electrons. The van der Waals surface area contributed by atoms with Gasteiger partial charge in [0.05, 0.1) is 0 Å². The van der Waals surface area contributed by atoms with Crippen LogP contribution in [0.3, 0.4) is 0 Å². The maximum absolute atomic E-state index is 2.28. The van der Waals surface area contributed by atoms with Crippen LogP contribution < -0.4 is 5.46 Å². The van der Waals surface area contributed by atoms with Gasteiger partial charge >= 0.3 is 0 Å². The molecule has 0 nitrogen and oxygen atoms in total. The van der Waals surface area contributed by atoms with Gasteiger partial charge in [-0.05, 0) is 36.8 Å². The first-order valence-electron chi connectivity index (χ1n) is 7.22. The average molecular weight is 250 g/mol. The van der Waals surface area contributed by atoms with E-state index in [1.54, 1.807) is 0 Å². The molecule has 0 aliphatic heterocycles. The van der Waals surface area contributed by atoms with Crippen molar-refractivity contribution in [1.82, 2.24) is 0 Å². The van der Waals surface area contributed by atoms with Crippen LogP contribution in [0.15, 0.2) is 42.5 Å². The third kappa shape index (κ3) is 3.29. The van der Waals surface area contributed by atoms with Crippen molar-refractivity contribution in [2.24, 2.45) is 0 Å². The fourth-order valence-electron chi connectivity index (χ4n) is 2.76. The third-order valence-electron chi connectivity index (χ3n) is 4.03. The normalized spacial score (nSPS) is 10.9. The van der Waals surface area contributed by atoms with E-state index in [2.05, 4.69) is 71.1 Å². The van der Waals surface area contributed by atoms with Crippen molar-refractivity contribution in [1.29, 1.82) is 0 Å². The molecule has 0 fully saturated rings. The zero-order chi connectivity index (χ0) is 13.8. The molecule has 0 aliphatic rings. The third-order valence-corrected chi connectivity index (χ3v) is 4.03. The molecule has 0 bridgehead atoms. The molecule has 0 spiro atoms. The number of hydrogen-bond donors (Lipinski definition) is 0. The molecular formula is C18H23B. The lowest BCUT2D eigenvalue weighted by Crippen LogP contribution is -2.18. The summed E-state index contributed by atoms with van der Waals surface area (Å²) in [7, 11) is 2.27. The quantitative estimate of drug-likeness (QED) is 0.731. The van der Waals surface area contributed by atoms with Gasteiger partial charge < -0.3 is 0 Å². The predicted octanol–water partition coefficient (Wildman–Crippen LogP) is 3.16. The largest absolute Gasteiger partial charge is 0.140 e. The Bertz CT molecular complexity index is 555. The molecule has 0 N–H and O–H groups in total. The first-order valence-corrected chi connectivity index (χ1v) is 7.22. The summed E-state index contributed by atoms with van der Waals surface area (Å²) in [5.74, 6) is 0.610. The maximum Gasteiger partial charge on any atom is 0.140 e. The molecule has 1 heteroatoms. The number of aryl methyl sites for hydroxylation is 3. The Morgan fingerprint density at radius 2 is 1.53 bits per heavy atom. The lowest BCUT2D eigenvalue weighted by atomic mass is 9.80.